The summed E-state index contributed by atoms with van der Waals surface area (Å²) in [5.74, 6) is 0. The van der Waals surface area contributed by atoms with Crippen molar-refractivity contribution < 1.29 is 0 Å². The Bertz CT molecular complexity index is 533. The van der Waals surface area contributed by atoms with E-state index in [0.29, 0.717) is 12.1 Å². The maximum absolute atomic E-state index is 4.45. The summed E-state index contributed by atoms with van der Waals surface area (Å²) in [7, 11) is 0. The number of pyridine rings is 2. The molecule has 2 saturated heterocycles. The summed E-state index contributed by atoms with van der Waals surface area (Å²) in [5, 5.41) is 0. The monoisotopic (exact) mass is 280 g/mol. The van der Waals surface area contributed by atoms with Gasteiger partial charge in [-0.25, -0.2) is 0 Å². The van der Waals surface area contributed by atoms with Crippen LogP contribution < -0.4 is 0 Å². The highest BCUT2D eigenvalue weighted by molar-refractivity contribution is 5.09. The van der Waals surface area contributed by atoms with E-state index in [0.717, 1.165) is 26.2 Å². The van der Waals surface area contributed by atoms with Gasteiger partial charge in [0.25, 0.3) is 0 Å². The van der Waals surface area contributed by atoms with Crippen molar-refractivity contribution in [1.82, 2.24) is 19.8 Å². The SMILES string of the molecule is c1ccc(CN2C[C@@H]3C[C@H]2CN3Cc2ccccn2)nc1. The van der Waals surface area contributed by atoms with E-state index >= 15 is 0 Å². The molecule has 2 aliphatic heterocycles. The lowest BCUT2D eigenvalue weighted by molar-refractivity contribution is 0.116. The van der Waals surface area contributed by atoms with Gasteiger partial charge in [0.1, 0.15) is 0 Å². The Morgan fingerprint density at radius 1 is 0.810 bits per heavy atom. The van der Waals surface area contributed by atoms with Gasteiger partial charge in [-0.3, -0.25) is 19.8 Å². The lowest BCUT2D eigenvalue weighted by Gasteiger charge is -2.33. The number of rotatable bonds is 4. The van der Waals surface area contributed by atoms with E-state index < -0.39 is 0 Å². The summed E-state index contributed by atoms with van der Waals surface area (Å²) < 4.78 is 0. The predicted octanol–water partition coefficient (Wildman–Crippen LogP) is 1.94. The maximum atomic E-state index is 4.45. The Hall–Kier alpha value is -1.78. The summed E-state index contributed by atoms with van der Waals surface area (Å²) in [4.78, 5) is 14.1. The molecule has 0 N–H and O–H groups in total. The Morgan fingerprint density at radius 3 is 1.71 bits per heavy atom. The largest absolute Gasteiger partial charge is 0.292 e. The Balaban J connectivity index is 1.37. The van der Waals surface area contributed by atoms with E-state index in [-0.39, 0.29) is 0 Å². The van der Waals surface area contributed by atoms with Crippen molar-refractivity contribution in [3.63, 3.8) is 0 Å². The lowest BCUT2D eigenvalue weighted by atomic mass is 10.2. The number of fused-ring (bicyclic) bond motifs is 2. The minimum Gasteiger partial charge on any atom is -0.292 e. The molecule has 21 heavy (non-hydrogen) atoms. The summed E-state index contributed by atoms with van der Waals surface area (Å²) in [6.07, 6.45) is 5.06. The van der Waals surface area contributed by atoms with Crippen LogP contribution in [0.5, 0.6) is 0 Å². The van der Waals surface area contributed by atoms with Crippen LogP contribution in [0.2, 0.25) is 0 Å². The topological polar surface area (TPSA) is 32.3 Å². The highest BCUT2D eigenvalue weighted by Crippen LogP contribution is 2.32. The number of nitrogens with zero attached hydrogens (tertiary/aromatic N) is 4. The van der Waals surface area contributed by atoms with Crippen LogP contribution in [-0.2, 0) is 13.1 Å². The van der Waals surface area contributed by atoms with Gasteiger partial charge in [0, 0.05) is 50.7 Å². The first kappa shape index (κ1) is 12.9. The minimum atomic E-state index is 0.681. The van der Waals surface area contributed by atoms with Crippen LogP contribution in [0.3, 0.4) is 0 Å². The third-order valence-electron chi connectivity index (χ3n) is 4.65. The molecule has 0 amide bonds. The van der Waals surface area contributed by atoms with Crippen LogP contribution >= 0.6 is 0 Å². The van der Waals surface area contributed by atoms with Crippen molar-refractivity contribution >= 4 is 0 Å². The second-order valence-electron chi connectivity index (χ2n) is 6.04. The van der Waals surface area contributed by atoms with E-state index in [1.807, 2.05) is 24.5 Å². The zero-order valence-electron chi connectivity index (χ0n) is 12.1. The predicted molar refractivity (Wildman–Crippen MR) is 81.5 cm³/mol. The van der Waals surface area contributed by atoms with E-state index in [1.165, 1.54) is 17.8 Å². The maximum Gasteiger partial charge on any atom is 0.0544 e. The van der Waals surface area contributed by atoms with Crippen LogP contribution in [-0.4, -0.2) is 44.9 Å². The van der Waals surface area contributed by atoms with E-state index in [2.05, 4.69) is 44.0 Å². The van der Waals surface area contributed by atoms with Crippen LogP contribution in [0.4, 0.5) is 0 Å². The van der Waals surface area contributed by atoms with Gasteiger partial charge in [0.2, 0.25) is 0 Å². The molecular formula is C17H20N4. The van der Waals surface area contributed by atoms with Crippen molar-refractivity contribution in [2.45, 2.75) is 31.6 Å². The molecule has 2 bridgehead atoms. The van der Waals surface area contributed by atoms with Gasteiger partial charge in [0.05, 0.1) is 11.4 Å². The first-order valence-corrected chi connectivity index (χ1v) is 7.66. The molecule has 4 rings (SSSR count). The van der Waals surface area contributed by atoms with E-state index in [1.54, 1.807) is 0 Å². The number of piperazine rings is 1. The molecule has 2 aromatic heterocycles. The highest BCUT2D eigenvalue weighted by Gasteiger charge is 2.42. The third kappa shape index (κ3) is 2.69. The quantitative estimate of drug-likeness (QED) is 0.856. The fourth-order valence-corrected chi connectivity index (χ4v) is 3.62. The average molecular weight is 280 g/mol. The number of likely N-dealkylation sites (tertiary alicyclic amines) is 2. The molecule has 0 aliphatic carbocycles. The lowest BCUT2D eigenvalue weighted by Crippen LogP contribution is -2.45. The van der Waals surface area contributed by atoms with Crippen LogP contribution in [0, 0.1) is 0 Å². The fourth-order valence-electron chi connectivity index (χ4n) is 3.62. The minimum absolute atomic E-state index is 0.681. The molecule has 0 aromatic carbocycles. The Kier molecular flexibility index (Phi) is 3.41. The van der Waals surface area contributed by atoms with Gasteiger partial charge in [0.15, 0.2) is 0 Å². The molecule has 0 unspecified atom stereocenters. The fraction of sp³-hybridized carbons (Fsp3) is 0.412. The van der Waals surface area contributed by atoms with Crippen LogP contribution in [0.25, 0.3) is 0 Å². The molecule has 0 spiro atoms. The standard InChI is InChI=1S/C17H20N4/c1-3-7-18-14(5-1)10-20-12-17-9-16(20)13-21(17)11-15-6-2-4-8-19-15/h1-8,16-17H,9-13H2/t16-,17-/m0/s1. The highest BCUT2D eigenvalue weighted by atomic mass is 15.3. The summed E-state index contributed by atoms with van der Waals surface area (Å²) in [6, 6.07) is 13.7. The van der Waals surface area contributed by atoms with Crippen LogP contribution in [0.1, 0.15) is 17.8 Å². The molecule has 2 fully saturated rings. The van der Waals surface area contributed by atoms with Gasteiger partial charge in [-0.2, -0.15) is 0 Å². The second kappa shape index (κ2) is 5.54. The molecule has 0 saturated carbocycles. The van der Waals surface area contributed by atoms with Gasteiger partial charge >= 0.3 is 0 Å². The number of hydrogen-bond donors (Lipinski definition) is 0. The van der Waals surface area contributed by atoms with E-state index in [9.17, 15) is 0 Å². The van der Waals surface area contributed by atoms with Crippen molar-refractivity contribution in [2.75, 3.05) is 13.1 Å². The van der Waals surface area contributed by atoms with Crippen molar-refractivity contribution in [1.29, 1.82) is 0 Å². The van der Waals surface area contributed by atoms with E-state index in [4.69, 9.17) is 0 Å². The molecule has 4 nitrogen and oxygen atoms in total. The number of aromatic nitrogens is 2. The smallest absolute Gasteiger partial charge is 0.0544 e. The average Bonchev–Trinajstić information content (AvgIpc) is 3.09. The van der Waals surface area contributed by atoms with Crippen molar-refractivity contribution in [2.24, 2.45) is 0 Å². The molecular weight excluding hydrogens is 260 g/mol. The van der Waals surface area contributed by atoms with Gasteiger partial charge in [-0.15, -0.1) is 0 Å². The van der Waals surface area contributed by atoms with Gasteiger partial charge in [-0.05, 0) is 30.7 Å². The molecule has 4 heteroatoms. The molecule has 2 aromatic rings. The summed E-state index contributed by atoms with van der Waals surface area (Å²) in [6.45, 7) is 4.29. The molecule has 2 atom stereocenters. The molecule has 0 radical (unpaired) electrons. The first-order chi connectivity index (χ1) is 10.4. The zero-order valence-corrected chi connectivity index (χ0v) is 12.1. The van der Waals surface area contributed by atoms with Crippen molar-refractivity contribution in [3.8, 4) is 0 Å². The first-order valence-electron chi connectivity index (χ1n) is 7.66. The Labute approximate surface area is 125 Å². The van der Waals surface area contributed by atoms with Crippen molar-refractivity contribution in [3.05, 3.63) is 60.2 Å². The zero-order chi connectivity index (χ0) is 14.1. The summed E-state index contributed by atoms with van der Waals surface area (Å²) in [5.41, 5.74) is 2.36. The molecule has 4 heterocycles. The molecule has 108 valence electrons. The van der Waals surface area contributed by atoms with Crippen LogP contribution in [0.15, 0.2) is 48.8 Å². The normalized spacial score (nSPS) is 25.5. The third-order valence-corrected chi connectivity index (χ3v) is 4.65. The van der Waals surface area contributed by atoms with Gasteiger partial charge < -0.3 is 0 Å². The van der Waals surface area contributed by atoms with Gasteiger partial charge in [-0.1, -0.05) is 12.1 Å². The summed E-state index contributed by atoms with van der Waals surface area (Å²) >= 11 is 0. The molecule has 2 aliphatic rings. The number of hydrogen-bond acceptors (Lipinski definition) is 4. The second-order valence-corrected chi connectivity index (χ2v) is 6.04. The Morgan fingerprint density at radius 2 is 1.33 bits per heavy atom.